The van der Waals surface area contributed by atoms with Gasteiger partial charge >= 0.3 is 5.97 Å². The van der Waals surface area contributed by atoms with E-state index < -0.39 is 5.97 Å². The van der Waals surface area contributed by atoms with Crippen LogP contribution >= 0.6 is 0 Å². The second-order valence-corrected chi connectivity index (χ2v) is 5.68. The molecule has 0 aliphatic rings. The molecule has 27 heavy (non-hydrogen) atoms. The van der Waals surface area contributed by atoms with Crippen LogP contribution in [0.25, 0.3) is 22.4 Å². The summed E-state index contributed by atoms with van der Waals surface area (Å²) in [5.74, 6) is 0.0361. The van der Waals surface area contributed by atoms with Crippen molar-refractivity contribution < 1.29 is 19.1 Å². The number of hydrogen-bond acceptors (Lipinski definition) is 7. The Kier molecular flexibility index (Phi) is 4.10. The number of aromatic hydroxyl groups is 1. The molecule has 0 aliphatic carbocycles. The lowest BCUT2D eigenvalue weighted by atomic mass is 10.1. The normalized spacial score (nSPS) is 10.7. The molecule has 0 fully saturated rings. The van der Waals surface area contributed by atoms with Gasteiger partial charge in [-0.3, -0.25) is 9.78 Å². The molecule has 7 heteroatoms. The molecule has 0 amide bonds. The van der Waals surface area contributed by atoms with E-state index in [0.717, 1.165) is 0 Å². The van der Waals surface area contributed by atoms with Crippen LogP contribution in [0.5, 0.6) is 11.5 Å². The summed E-state index contributed by atoms with van der Waals surface area (Å²) in [6, 6.07) is 12.4. The third-order valence-electron chi connectivity index (χ3n) is 3.82. The minimum atomic E-state index is -0.517. The van der Waals surface area contributed by atoms with Crippen molar-refractivity contribution in [1.29, 1.82) is 0 Å². The maximum absolute atomic E-state index is 12.2. The van der Waals surface area contributed by atoms with Gasteiger partial charge in [-0.25, -0.2) is 9.78 Å². The Labute approximate surface area is 152 Å². The lowest BCUT2D eigenvalue weighted by molar-refractivity contribution is 0.0734. The summed E-state index contributed by atoms with van der Waals surface area (Å²) in [4.78, 5) is 32.0. The van der Waals surface area contributed by atoms with Crippen LogP contribution in [-0.2, 0) is 0 Å². The van der Waals surface area contributed by atoms with Gasteiger partial charge in [-0.05, 0) is 42.5 Å². The van der Waals surface area contributed by atoms with E-state index in [1.54, 1.807) is 42.6 Å². The number of aromatic nitrogens is 2. The first-order valence-corrected chi connectivity index (χ1v) is 7.96. The minimum Gasteiger partial charge on any atom is -0.506 e. The van der Waals surface area contributed by atoms with Gasteiger partial charge in [0.2, 0.25) is 5.71 Å². The van der Waals surface area contributed by atoms with Gasteiger partial charge in [0.1, 0.15) is 17.3 Å². The van der Waals surface area contributed by atoms with Crippen molar-refractivity contribution in [2.24, 2.45) is 0 Å². The molecule has 3 aromatic heterocycles. The van der Waals surface area contributed by atoms with E-state index in [1.807, 2.05) is 0 Å². The van der Waals surface area contributed by atoms with Crippen LogP contribution in [0.4, 0.5) is 0 Å². The van der Waals surface area contributed by atoms with Crippen LogP contribution in [0.1, 0.15) is 10.4 Å². The zero-order valence-corrected chi connectivity index (χ0v) is 13.8. The summed E-state index contributed by atoms with van der Waals surface area (Å²) < 4.78 is 10.9. The maximum atomic E-state index is 12.2. The fourth-order valence-corrected chi connectivity index (χ4v) is 2.51. The first-order chi connectivity index (χ1) is 13.1. The summed E-state index contributed by atoms with van der Waals surface area (Å²) in [7, 11) is 0. The lowest BCUT2D eigenvalue weighted by Gasteiger charge is -2.06. The minimum absolute atomic E-state index is 0.109. The summed E-state index contributed by atoms with van der Waals surface area (Å²) >= 11 is 0. The monoisotopic (exact) mass is 360 g/mol. The van der Waals surface area contributed by atoms with E-state index >= 15 is 0 Å². The summed E-state index contributed by atoms with van der Waals surface area (Å²) in [5.41, 5.74) is 0.769. The van der Waals surface area contributed by atoms with Gasteiger partial charge in [-0.2, -0.15) is 0 Å². The Morgan fingerprint density at radius 1 is 1.07 bits per heavy atom. The van der Waals surface area contributed by atoms with Crippen LogP contribution < -0.4 is 10.2 Å². The Bertz CT molecular complexity index is 1180. The van der Waals surface area contributed by atoms with E-state index in [9.17, 15) is 14.7 Å². The van der Waals surface area contributed by atoms with Crippen molar-refractivity contribution in [3.05, 3.63) is 82.9 Å². The molecule has 0 aliphatic heterocycles. The standard InChI is InChI=1S/C20H12N2O5/c23-14-8-16-17(24)9-18(27-19(16)22-11-14)12-3-5-15(6-4-12)26-20(25)13-2-1-7-21-10-13/h1-11,23H. The molecular formula is C20H12N2O5. The Balaban J connectivity index is 1.61. The van der Waals surface area contributed by atoms with E-state index in [2.05, 4.69) is 9.97 Å². The molecule has 3 heterocycles. The second-order valence-electron chi connectivity index (χ2n) is 5.68. The molecular weight excluding hydrogens is 348 g/mol. The number of hydrogen-bond donors (Lipinski definition) is 1. The molecule has 132 valence electrons. The van der Waals surface area contributed by atoms with Crippen molar-refractivity contribution in [3.8, 4) is 22.8 Å². The highest BCUT2D eigenvalue weighted by molar-refractivity contribution is 5.90. The molecule has 0 saturated heterocycles. The third-order valence-corrected chi connectivity index (χ3v) is 3.82. The Morgan fingerprint density at radius 3 is 2.63 bits per heavy atom. The average molecular weight is 360 g/mol. The van der Waals surface area contributed by atoms with E-state index in [0.29, 0.717) is 22.6 Å². The summed E-state index contributed by atoms with van der Waals surface area (Å²) in [6.07, 6.45) is 4.19. The zero-order chi connectivity index (χ0) is 18.8. The van der Waals surface area contributed by atoms with Crippen LogP contribution in [-0.4, -0.2) is 21.0 Å². The Hall–Kier alpha value is -4.00. The van der Waals surface area contributed by atoms with E-state index in [1.165, 1.54) is 24.5 Å². The number of benzene rings is 1. The van der Waals surface area contributed by atoms with Crippen molar-refractivity contribution in [1.82, 2.24) is 9.97 Å². The number of nitrogens with zero attached hydrogens (tertiary/aromatic N) is 2. The fourth-order valence-electron chi connectivity index (χ4n) is 2.51. The van der Waals surface area contributed by atoms with Gasteiger partial charge in [0.05, 0.1) is 17.1 Å². The van der Waals surface area contributed by atoms with Gasteiger partial charge in [0, 0.05) is 24.0 Å². The van der Waals surface area contributed by atoms with Crippen LogP contribution in [0, 0.1) is 0 Å². The van der Waals surface area contributed by atoms with Gasteiger partial charge < -0.3 is 14.3 Å². The third kappa shape index (κ3) is 3.38. The molecule has 0 radical (unpaired) electrons. The topological polar surface area (TPSA) is 103 Å². The number of esters is 1. The van der Waals surface area contributed by atoms with Crippen LogP contribution in [0.3, 0.4) is 0 Å². The molecule has 0 atom stereocenters. The molecule has 0 saturated carbocycles. The summed E-state index contributed by atoms with van der Waals surface area (Å²) in [6.45, 7) is 0. The zero-order valence-electron chi connectivity index (χ0n) is 13.8. The van der Waals surface area contributed by atoms with Crippen molar-refractivity contribution in [3.63, 3.8) is 0 Å². The largest absolute Gasteiger partial charge is 0.506 e. The molecule has 1 aromatic carbocycles. The van der Waals surface area contributed by atoms with E-state index in [4.69, 9.17) is 9.15 Å². The van der Waals surface area contributed by atoms with Crippen LogP contribution in [0.15, 0.2) is 76.3 Å². The predicted octanol–water partition coefficient (Wildman–Crippen LogP) is 3.17. The van der Waals surface area contributed by atoms with Gasteiger partial charge in [0.25, 0.3) is 0 Å². The molecule has 1 N–H and O–H groups in total. The Morgan fingerprint density at radius 2 is 1.89 bits per heavy atom. The number of carbonyl (C=O) groups is 1. The number of carbonyl (C=O) groups excluding carboxylic acids is 1. The predicted molar refractivity (Wildman–Crippen MR) is 96.6 cm³/mol. The SMILES string of the molecule is O=C(Oc1ccc(-c2cc(=O)c3cc(O)cnc3o2)cc1)c1cccnc1. The maximum Gasteiger partial charge on any atom is 0.345 e. The molecule has 0 bridgehead atoms. The molecule has 4 rings (SSSR count). The quantitative estimate of drug-likeness (QED) is 0.442. The van der Waals surface area contributed by atoms with Gasteiger partial charge in [-0.1, -0.05) is 0 Å². The lowest BCUT2D eigenvalue weighted by Crippen LogP contribution is -2.08. The molecule has 0 unspecified atom stereocenters. The summed E-state index contributed by atoms with van der Waals surface area (Å²) in [5, 5.41) is 9.63. The number of rotatable bonds is 3. The first kappa shape index (κ1) is 16.5. The average Bonchev–Trinajstić information content (AvgIpc) is 2.69. The number of pyridine rings is 2. The number of ether oxygens (including phenoxy) is 1. The van der Waals surface area contributed by atoms with Crippen LogP contribution in [0.2, 0.25) is 0 Å². The van der Waals surface area contributed by atoms with Crippen molar-refractivity contribution in [2.75, 3.05) is 0 Å². The fraction of sp³-hybridized carbons (Fsp3) is 0. The van der Waals surface area contributed by atoms with E-state index in [-0.39, 0.29) is 22.3 Å². The smallest absolute Gasteiger partial charge is 0.345 e. The highest BCUT2D eigenvalue weighted by atomic mass is 16.5. The van der Waals surface area contributed by atoms with Crippen molar-refractivity contribution in [2.45, 2.75) is 0 Å². The molecule has 4 aromatic rings. The van der Waals surface area contributed by atoms with Crippen molar-refractivity contribution >= 4 is 17.1 Å². The highest BCUT2D eigenvalue weighted by Gasteiger charge is 2.11. The molecule has 7 nitrogen and oxygen atoms in total. The highest BCUT2D eigenvalue weighted by Crippen LogP contribution is 2.25. The van der Waals surface area contributed by atoms with Gasteiger partial charge in [0.15, 0.2) is 5.43 Å². The number of fused-ring (bicyclic) bond motifs is 1. The molecule has 0 spiro atoms. The first-order valence-electron chi connectivity index (χ1n) is 7.96. The van der Waals surface area contributed by atoms with Gasteiger partial charge in [-0.15, -0.1) is 0 Å². The second kappa shape index (κ2) is 6.72.